The first kappa shape index (κ1) is 24.8. The molecule has 0 aliphatic heterocycles. The summed E-state index contributed by atoms with van der Waals surface area (Å²) >= 11 is 2.97. The number of hydrogen-bond acceptors (Lipinski definition) is 8. The lowest BCUT2D eigenvalue weighted by Crippen LogP contribution is -2.04. The highest BCUT2D eigenvalue weighted by molar-refractivity contribution is 7.17. The standard InChI is InChI=1S/C29H28N4O2S2/c1-16-5-9-18(10-6-16)24-26(36-28(30)32-24)23(20-13-14-21(34-3)22(15-20)35-4)27-25(33-29(31)37-27)19-11-7-17(2)8-12-19/h5-15,23H,1-4H3,(H2,30,32)(H2,31,33). The van der Waals surface area contributed by atoms with Crippen LogP contribution in [0, 0.1) is 13.8 Å². The van der Waals surface area contributed by atoms with E-state index in [9.17, 15) is 0 Å². The van der Waals surface area contributed by atoms with Crippen molar-refractivity contribution in [1.82, 2.24) is 9.97 Å². The van der Waals surface area contributed by atoms with Gasteiger partial charge in [-0.3, -0.25) is 0 Å². The fraction of sp³-hybridized carbons (Fsp3) is 0.172. The molecule has 6 nitrogen and oxygen atoms in total. The first-order chi connectivity index (χ1) is 17.9. The number of benzene rings is 3. The average molecular weight is 529 g/mol. The number of thiazole rings is 2. The lowest BCUT2D eigenvalue weighted by atomic mass is 9.90. The smallest absolute Gasteiger partial charge is 0.180 e. The number of rotatable bonds is 7. The number of hydrogen-bond donors (Lipinski definition) is 2. The molecule has 8 heteroatoms. The monoisotopic (exact) mass is 528 g/mol. The summed E-state index contributed by atoms with van der Waals surface area (Å²) in [4.78, 5) is 11.6. The van der Waals surface area contributed by atoms with Crippen LogP contribution in [0.3, 0.4) is 0 Å². The largest absolute Gasteiger partial charge is 0.493 e. The molecular weight excluding hydrogens is 500 g/mol. The van der Waals surface area contributed by atoms with Crippen molar-refractivity contribution in [3.8, 4) is 34.0 Å². The van der Waals surface area contributed by atoms with Gasteiger partial charge in [-0.25, -0.2) is 9.97 Å². The first-order valence-corrected chi connectivity index (χ1v) is 13.4. The van der Waals surface area contributed by atoms with Gasteiger partial charge in [-0.15, -0.1) is 22.7 Å². The molecule has 0 saturated carbocycles. The minimum Gasteiger partial charge on any atom is -0.493 e. The molecule has 0 aliphatic rings. The topological polar surface area (TPSA) is 96.3 Å². The maximum Gasteiger partial charge on any atom is 0.180 e. The van der Waals surface area contributed by atoms with E-state index in [1.807, 2.05) is 12.1 Å². The number of methoxy groups -OCH3 is 2. The molecule has 0 spiro atoms. The summed E-state index contributed by atoms with van der Waals surface area (Å²) in [6.07, 6.45) is 0. The molecule has 0 radical (unpaired) electrons. The Bertz CT molecular complexity index is 1450. The number of aryl methyl sites for hydroxylation is 2. The summed E-state index contributed by atoms with van der Waals surface area (Å²) in [6.45, 7) is 4.14. The van der Waals surface area contributed by atoms with Crippen molar-refractivity contribution in [1.29, 1.82) is 0 Å². The molecule has 2 aromatic heterocycles. The predicted octanol–water partition coefficient (Wildman–Crippen LogP) is 6.91. The van der Waals surface area contributed by atoms with Gasteiger partial charge in [0.2, 0.25) is 0 Å². The lowest BCUT2D eigenvalue weighted by molar-refractivity contribution is 0.354. The molecule has 0 fully saturated rings. The van der Waals surface area contributed by atoms with Gasteiger partial charge in [-0.05, 0) is 31.5 Å². The third-order valence-electron chi connectivity index (χ3n) is 6.26. The van der Waals surface area contributed by atoms with Crippen LogP contribution < -0.4 is 20.9 Å². The molecular formula is C29H28N4O2S2. The number of ether oxygens (including phenoxy) is 2. The molecule has 0 unspecified atom stereocenters. The Morgan fingerprint density at radius 2 is 1.11 bits per heavy atom. The Kier molecular flexibility index (Phi) is 6.86. The molecule has 4 N–H and O–H groups in total. The summed E-state index contributed by atoms with van der Waals surface area (Å²) in [5.41, 5.74) is 19.8. The molecule has 3 aromatic carbocycles. The van der Waals surface area contributed by atoms with Crippen LogP contribution >= 0.6 is 22.7 Å². The van der Waals surface area contributed by atoms with Crippen molar-refractivity contribution in [3.63, 3.8) is 0 Å². The fourth-order valence-electron chi connectivity index (χ4n) is 4.38. The molecule has 5 aromatic rings. The van der Waals surface area contributed by atoms with Crippen molar-refractivity contribution in [2.24, 2.45) is 0 Å². The molecule has 0 aliphatic carbocycles. The van der Waals surface area contributed by atoms with Gasteiger partial charge >= 0.3 is 0 Å². The number of nitrogens with two attached hydrogens (primary N) is 2. The van der Waals surface area contributed by atoms with Crippen molar-refractivity contribution in [3.05, 3.63) is 93.2 Å². The van der Waals surface area contributed by atoms with Crippen LogP contribution in [0.15, 0.2) is 66.7 Å². The van der Waals surface area contributed by atoms with Crippen molar-refractivity contribution in [2.75, 3.05) is 25.7 Å². The van der Waals surface area contributed by atoms with Crippen LogP contribution in [0.1, 0.15) is 32.4 Å². The van der Waals surface area contributed by atoms with E-state index in [-0.39, 0.29) is 5.92 Å². The molecule has 0 bridgehead atoms. The quantitative estimate of drug-likeness (QED) is 0.238. The van der Waals surface area contributed by atoms with E-state index in [2.05, 4.69) is 68.4 Å². The van der Waals surface area contributed by atoms with Crippen LogP contribution in [0.5, 0.6) is 11.5 Å². The van der Waals surface area contributed by atoms with Gasteiger partial charge in [-0.1, -0.05) is 65.7 Å². The highest BCUT2D eigenvalue weighted by Gasteiger charge is 2.30. The van der Waals surface area contributed by atoms with Gasteiger partial charge in [0.1, 0.15) is 0 Å². The van der Waals surface area contributed by atoms with E-state index in [1.54, 1.807) is 14.2 Å². The second-order valence-corrected chi connectivity index (χ2v) is 10.9. The lowest BCUT2D eigenvalue weighted by Gasteiger charge is -2.19. The van der Waals surface area contributed by atoms with Crippen molar-refractivity contribution < 1.29 is 9.47 Å². The summed E-state index contributed by atoms with van der Waals surface area (Å²) in [5.74, 6) is 1.08. The Labute approximate surface area is 224 Å². The van der Waals surface area contributed by atoms with Gasteiger partial charge in [0.25, 0.3) is 0 Å². The third kappa shape index (κ3) is 4.90. The number of nitrogen functional groups attached to an aromatic ring is 2. The molecule has 0 saturated heterocycles. The van der Waals surface area contributed by atoms with Gasteiger partial charge in [0, 0.05) is 20.9 Å². The average Bonchev–Trinajstić information content (AvgIpc) is 3.47. The molecule has 2 heterocycles. The second kappa shape index (κ2) is 10.2. The van der Waals surface area contributed by atoms with Gasteiger partial charge in [0.15, 0.2) is 21.8 Å². The van der Waals surface area contributed by atoms with E-state index in [1.165, 1.54) is 33.8 Å². The maximum atomic E-state index is 6.34. The van der Waals surface area contributed by atoms with Crippen molar-refractivity contribution in [2.45, 2.75) is 19.8 Å². The SMILES string of the molecule is COc1ccc(C(c2sc(N)nc2-c2ccc(C)cc2)c2sc(N)nc2-c2ccc(C)cc2)cc1OC. The molecule has 37 heavy (non-hydrogen) atoms. The normalized spacial score (nSPS) is 11.2. The van der Waals surface area contributed by atoms with E-state index in [4.69, 9.17) is 30.9 Å². The number of anilines is 2. The predicted molar refractivity (Wildman–Crippen MR) is 154 cm³/mol. The number of nitrogens with zero attached hydrogens (tertiary/aromatic N) is 2. The van der Waals surface area contributed by atoms with Crippen molar-refractivity contribution >= 4 is 32.9 Å². The number of aromatic nitrogens is 2. The summed E-state index contributed by atoms with van der Waals surface area (Å²) in [7, 11) is 3.27. The molecule has 188 valence electrons. The molecule has 0 atom stereocenters. The fourth-order valence-corrected chi connectivity index (χ4v) is 6.44. The van der Waals surface area contributed by atoms with Crippen LogP contribution in [-0.4, -0.2) is 24.2 Å². The van der Waals surface area contributed by atoms with E-state index in [0.717, 1.165) is 37.8 Å². The summed E-state index contributed by atoms with van der Waals surface area (Å²) in [5, 5.41) is 1.01. The minimum atomic E-state index is -0.225. The highest BCUT2D eigenvalue weighted by atomic mass is 32.1. The summed E-state index contributed by atoms with van der Waals surface area (Å²) in [6, 6.07) is 22.7. The molecule has 0 amide bonds. The Hall–Kier alpha value is -3.88. The van der Waals surface area contributed by atoms with Crippen LogP contribution in [0.2, 0.25) is 0 Å². The first-order valence-electron chi connectivity index (χ1n) is 11.8. The van der Waals surface area contributed by atoms with Crippen LogP contribution in [0.25, 0.3) is 22.5 Å². The Morgan fingerprint density at radius 3 is 1.54 bits per heavy atom. The Morgan fingerprint density at radius 1 is 0.649 bits per heavy atom. The van der Waals surface area contributed by atoms with Crippen LogP contribution in [-0.2, 0) is 0 Å². The third-order valence-corrected chi connectivity index (χ3v) is 8.15. The van der Waals surface area contributed by atoms with E-state index in [0.29, 0.717) is 21.8 Å². The van der Waals surface area contributed by atoms with E-state index >= 15 is 0 Å². The van der Waals surface area contributed by atoms with Crippen LogP contribution in [0.4, 0.5) is 10.3 Å². The zero-order valence-electron chi connectivity index (χ0n) is 21.1. The second-order valence-electron chi connectivity index (χ2n) is 8.81. The molecule has 5 rings (SSSR count). The summed E-state index contributed by atoms with van der Waals surface area (Å²) < 4.78 is 11.2. The van der Waals surface area contributed by atoms with E-state index < -0.39 is 0 Å². The maximum absolute atomic E-state index is 6.34. The van der Waals surface area contributed by atoms with Gasteiger partial charge < -0.3 is 20.9 Å². The zero-order chi connectivity index (χ0) is 26.1. The minimum absolute atomic E-state index is 0.225. The zero-order valence-corrected chi connectivity index (χ0v) is 22.7. The highest BCUT2D eigenvalue weighted by Crippen LogP contribution is 2.48. The Balaban J connectivity index is 1.78. The van der Waals surface area contributed by atoms with Gasteiger partial charge in [0.05, 0.1) is 31.5 Å². The van der Waals surface area contributed by atoms with Gasteiger partial charge in [-0.2, -0.15) is 0 Å².